The molecule has 1 N–H and O–H groups in total. The molecule has 0 aliphatic carbocycles. The summed E-state index contributed by atoms with van der Waals surface area (Å²) in [5, 5.41) is 13.4. The van der Waals surface area contributed by atoms with E-state index in [-0.39, 0.29) is 5.76 Å². The Morgan fingerprint density at radius 2 is 1.65 bits per heavy atom. The van der Waals surface area contributed by atoms with E-state index < -0.39 is 16.7 Å². The summed E-state index contributed by atoms with van der Waals surface area (Å²) in [5.41, 5.74) is 3.45. The van der Waals surface area contributed by atoms with Crippen molar-refractivity contribution in [2.24, 2.45) is 0 Å². The van der Waals surface area contributed by atoms with Gasteiger partial charge in [0.05, 0.1) is 6.07 Å². The lowest BCUT2D eigenvalue weighted by molar-refractivity contribution is -0.402. The van der Waals surface area contributed by atoms with Gasteiger partial charge in [0.15, 0.2) is 5.76 Å². The van der Waals surface area contributed by atoms with Crippen LogP contribution in [0.15, 0.2) is 71.1 Å². The van der Waals surface area contributed by atoms with Gasteiger partial charge in [-0.25, -0.2) is 0 Å². The van der Waals surface area contributed by atoms with E-state index >= 15 is 0 Å². The number of piperazine rings is 1. The van der Waals surface area contributed by atoms with E-state index in [1.807, 2.05) is 18.2 Å². The molecule has 1 aliphatic rings. The number of hydrogen-bond acceptors (Lipinski definition) is 6. The smallest absolute Gasteiger partial charge is 0.395 e. The van der Waals surface area contributed by atoms with Gasteiger partial charge in [0.25, 0.3) is 5.91 Å². The summed E-state index contributed by atoms with van der Waals surface area (Å²) in [4.78, 5) is 26.9. The Kier molecular flexibility index (Phi) is 6.28. The molecule has 160 valence electrons. The molecular weight excluding hydrogens is 396 g/mol. The molecule has 4 rings (SSSR count). The number of anilines is 1. The number of carbonyl (C=O) groups excluding carboxylic acids is 1. The molecule has 0 spiro atoms. The molecule has 1 saturated heterocycles. The number of furan rings is 1. The predicted molar refractivity (Wildman–Crippen MR) is 117 cm³/mol. The molecule has 1 aliphatic heterocycles. The monoisotopic (exact) mass is 420 g/mol. The van der Waals surface area contributed by atoms with Crippen LogP contribution in [0.3, 0.4) is 0 Å². The van der Waals surface area contributed by atoms with Gasteiger partial charge in [-0.1, -0.05) is 42.5 Å². The Hall–Kier alpha value is -3.65. The first-order valence-corrected chi connectivity index (χ1v) is 10.2. The van der Waals surface area contributed by atoms with Crippen LogP contribution in [-0.2, 0) is 13.1 Å². The van der Waals surface area contributed by atoms with Crippen LogP contribution in [-0.4, -0.2) is 41.9 Å². The number of hydrogen-bond donors (Lipinski definition) is 1. The van der Waals surface area contributed by atoms with Crippen molar-refractivity contribution in [2.45, 2.75) is 13.1 Å². The lowest BCUT2D eigenvalue weighted by Crippen LogP contribution is -2.45. The molecule has 1 amide bonds. The molecule has 3 aromatic rings. The van der Waals surface area contributed by atoms with E-state index in [9.17, 15) is 14.9 Å². The van der Waals surface area contributed by atoms with Crippen molar-refractivity contribution in [3.05, 3.63) is 93.7 Å². The minimum atomic E-state index is -0.670. The van der Waals surface area contributed by atoms with Crippen molar-refractivity contribution >= 4 is 17.5 Å². The summed E-state index contributed by atoms with van der Waals surface area (Å²) in [6, 6.07) is 21.1. The minimum absolute atomic E-state index is 0.0725. The first kappa shape index (κ1) is 20.6. The third kappa shape index (κ3) is 5.29. The quantitative estimate of drug-likeness (QED) is 0.465. The third-order valence-corrected chi connectivity index (χ3v) is 5.37. The zero-order chi connectivity index (χ0) is 21.6. The first-order valence-electron chi connectivity index (χ1n) is 10.2. The molecule has 1 fully saturated rings. The molecule has 0 bridgehead atoms. The fraction of sp³-hybridized carbons (Fsp3) is 0.261. The average molecular weight is 420 g/mol. The van der Waals surface area contributed by atoms with Crippen molar-refractivity contribution in [1.29, 1.82) is 0 Å². The van der Waals surface area contributed by atoms with E-state index in [2.05, 4.69) is 51.5 Å². The normalized spacial score (nSPS) is 14.4. The van der Waals surface area contributed by atoms with Crippen LogP contribution >= 0.6 is 0 Å². The molecule has 31 heavy (non-hydrogen) atoms. The molecule has 8 nitrogen and oxygen atoms in total. The van der Waals surface area contributed by atoms with Crippen molar-refractivity contribution in [2.75, 3.05) is 31.1 Å². The minimum Gasteiger partial charge on any atom is -0.395 e. The second-order valence-electron chi connectivity index (χ2n) is 7.49. The highest BCUT2D eigenvalue weighted by atomic mass is 16.6. The van der Waals surface area contributed by atoms with Crippen LogP contribution in [0.25, 0.3) is 0 Å². The lowest BCUT2D eigenvalue weighted by Gasteiger charge is -2.36. The lowest BCUT2D eigenvalue weighted by atomic mass is 10.1. The van der Waals surface area contributed by atoms with Gasteiger partial charge in [-0.05, 0) is 29.3 Å². The van der Waals surface area contributed by atoms with Crippen LogP contribution in [0.2, 0.25) is 0 Å². The highest BCUT2D eigenvalue weighted by Crippen LogP contribution is 2.19. The van der Waals surface area contributed by atoms with Gasteiger partial charge in [-0.15, -0.1) is 0 Å². The Labute approximate surface area is 180 Å². The Bertz CT molecular complexity index is 1030. The Morgan fingerprint density at radius 3 is 2.29 bits per heavy atom. The molecule has 0 saturated carbocycles. The second-order valence-corrected chi connectivity index (χ2v) is 7.49. The highest BCUT2D eigenvalue weighted by molar-refractivity contribution is 5.91. The fourth-order valence-electron chi connectivity index (χ4n) is 3.65. The van der Waals surface area contributed by atoms with Gasteiger partial charge in [-0.2, -0.15) is 0 Å². The zero-order valence-electron chi connectivity index (χ0n) is 17.1. The van der Waals surface area contributed by atoms with Crippen LogP contribution in [0, 0.1) is 10.1 Å². The van der Waals surface area contributed by atoms with Gasteiger partial charge < -0.3 is 14.6 Å². The van der Waals surface area contributed by atoms with Crippen molar-refractivity contribution < 1.29 is 14.1 Å². The molecule has 0 radical (unpaired) electrons. The van der Waals surface area contributed by atoms with Gasteiger partial charge in [0, 0.05) is 45.0 Å². The summed E-state index contributed by atoms with van der Waals surface area (Å²) < 4.78 is 4.92. The highest BCUT2D eigenvalue weighted by Gasteiger charge is 2.18. The molecule has 0 atom stereocenters. The van der Waals surface area contributed by atoms with Crippen LogP contribution in [0.5, 0.6) is 0 Å². The van der Waals surface area contributed by atoms with Gasteiger partial charge >= 0.3 is 5.88 Å². The Morgan fingerprint density at radius 1 is 0.935 bits per heavy atom. The number of nitrogens with one attached hydrogen (secondary N) is 1. The number of carbonyl (C=O) groups is 1. The number of rotatable bonds is 7. The topological polar surface area (TPSA) is 91.9 Å². The standard InChI is InChI=1S/C23H24N4O4/c28-23(21-10-11-22(31-21)27(29)30)24-16-18-6-8-20(9-7-18)26-14-12-25(13-15-26)17-19-4-2-1-3-5-19/h1-11H,12-17H2,(H,24,28). The molecule has 0 unspecified atom stereocenters. The first-order chi connectivity index (χ1) is 15.1. The maximum atomic E-state index is 12.1. The third-order valence-electron chi connectivity index (χ3n) is 5.37. The largest absolute Gasteiger partial charge is 0.433 e. The van der Waals surface area contributed by atoms with E-state index in [1.54, 1.807) is 0 Å². The maximum Gasteiger partial charge on any atom is 0.433 e. The maximum absolute atomic E-state index is 12.1. The SMILES string of the molecule is O=C(NCc1ccc(N2CCN(Cc3ccccc3)CC2)cc1)c1ccc([N+](=O)[O-])o1. The van der Waals surface area contributed by atoms with Crippen molar-refractivity contribution in [1.82, 2.24) is 10.2 Å². The van der Waals surface area contributed by atoms with Crippen LogP contribution < -0.4 is 10.2 Å². The summed E-state index contributed by atoms with van der Waals surface area (Å²) >= 11 is 0. The fourth-order valence-corrected chi connectivity index (χ4v) is 3.65. The predicted octanol–water partition coefficient (Wildman–Crippen LogP) is 3.44. The van der Waals surface area contributed by atoms with Crippen molar-refractivity contribution in [3.8, 4) is 0 Å². The van der Waals surface area contributed by atoms with E-state index in [4.69, 9.17) is 4.42 Å². The summed E-state index contributed by atoms with van der Waals surface area (Å²) in [6.45, 7) is 5.27. The van der Waals surface area contributed by atoms with Crippen LogP contribution in [0.1, 0.15) is 21.7 Å². The molecular formula is C23H24N4O4. The van der Waals surface area contributed by atoms with E-state index in [1.165, 1.54) is 17.7 Å². The number of nitrogens with zero attached hydrogens (tertiary/aromatic N) is 3. The summed E-state index contributed by atoms with van der Waals surface area (Å²) in [5.74, 6) is -0.998. The second kappa shape index (κ2) is 9.44. The summed E-state index contributed by atoms with van der Waals surface area (Å²) in [6.07, 6.45) is 0. The van der Waals surface area contributed by atoms with E-state index in [0.29, 0.717) is 6.54 Å². The number of benzene rings is 2. The molecule has 1 aromatic heterocycles. The summed E-state index contributed by atoms with van der Waals surface area (Å²) in [7, 11) is 0. The van der Waals surface area contributed by atoms with Crippen molar-refractivity contribution in [3.63, 3.8) is 0 Å². The average Bonchev–Trinajstić information content (AvgIpc) is 3.30. The molecule has 8 heteroatoms. The van der Waals surface area contributed by atoms with Gasteiger partial charge in [0.1, 0.15) is 4.92 Å². The molecule has 2 aromatic carbocycles. The van der Waals surface area contributed by atoms with Gasteiger partial charge in [-0.3, -0.25) is 19.8 Å². The number of amides is 1. The van der Waals surface area contributed by atoms with Crippen LogP contribution in [0.4, 0.5) is 11.6 Å². The Balaban J connectivity index is 1.25. The van der Waals surface area contributed by atoms with Gasteiger partial charge in [0.2, 0.25) is 0 Å². The number of nitro groups is 1. The zero-order valence-corrected chi connectivity index (χ0v) is 17.1. The van der Waals surface area contributed by atoms with E-state index in [0.717, 1.165) is 44.0 Å². The molecule has 2 heterocycles.